The van der Waals surface area contributed by atoms with E-state index in [2.05, 4.69) is 77.8 Å². The van der Waals surface area contributed by atoms with Gasteiger partial charge in [-0.1, -0.05) is 57.2 Å². The second kappa shape index (κ2) is 7.07. The first kappa shape index (κ1) is 17.8. The maximum Gasteiger partial charge on any atom is 0.159 e. The molecule has 0 aliphatic heterocycles. The third kappa shape index (κ3) is 3.98. The summed E-state index contributed by atoms with van der Waals surface area (Å²) in [5.41, 5.74) is 10.2. The summed E-state index contributed by atoms with van der Waals surface area (Å²) in [4.78, 5) is 0. The molecule has 0 unspecified atom stereocenters. The second-order valence-corrected chi connectivity index (χ2v) is 8.11. The molecule has 0 saturated carbocycles. The van der Waals surface area contributed by atoms with E-state index in [-0.39, 0.29) is 5.41 Å². The number of aromatic amines is 1. The quantitative estimate of drug-likeness (QED) is 0.545. The number of aromatic nitrogens is 2. The number of nitrogen functional groups attached to an aromatic ring is 1. The van der Waals surface area contributed by atoms with Gasteiger partial charge in [0.1, 0.15) is 12.4 Å². The van der Waals surface area contributed by atoms with Gasteiger partial charge in [-0.2, -0.15) is 5.10 Å². The van der Waals surface area contributed by atoms with Crippen LogP contribution in [0.1, 0.15) is 31.9 Å². The van der Waals surface area contributed by atoms with Crippen LogP contribution in [-0.2, 0) is 12.0 Å². The summed E-state index contributed by atoms with van der Waals surface area (Å²) < 4.78 is 7.03. The van der Waals surface area contributed by atoms with Crippen molar-refractivity contribution >= 4 is 28.4 Å². The molecular weight excluding hydrogens is 425 g/mol. The predicted octanol–water partition coefficient (Wildman–Crippen LogP) is 5.14. The molecule has 0 saturated heterocycles. The molecule has 3 N–H and O–H groups in total. The van der Waals surface area contributed by atoms with E-state index in [9.17, 15) is 0 Å². The molecule has 3 aromatic rings. The van der Waals surface area contributed by atoms with Crippen molar-refractivity contribution < 1.29 is 4.74 Å². The summed E-state index contributed by atoms with van der Waals surface area (Å²) in [6.07, 6.45) is 0. The predicted molar refractivity (Wildman–Crippen MR) is 111 cm³/mol. The first-order valence-electron chi connectivity index (χ1n) is 8.17. The van der Waals surface area contributed by atoms with Crippen LogP contribution in [0.5, 0.6) is 5.75 Å². The topological polar surface area (TPSA) is 63.9 Å². The number of anilines is 1. The Labute approximate surface area is 161 Å². The zero-order chi connectivity index (χ0) is 18.0. The summed E-state index contributed by atoms with van der Waals surface area (Å²) in [6, 6.07) is 16.5. The molecule has 0 radical (unpaired) electrons. The average Bonchev–Trinajstić information content (AvgIpc) is 2.92. The van der Waals surface area contributed by atoms with Crippen molar-refractivity contribution in [1.29, 1.82) is 0 Å². The van der Waals surface area contributed by atoms with Gasteiger partial charge in [-0.05, 0) is 51.3 Å². The molecule has 0 bridgehead atoms. The molecule has 0 amide bonds. The van der Waals surface area contributed by atoms with Gasteiger partial charge in [-0.25, -0.2) is 0 Å². The highest BCUT2D eigenvalue weighted by Gasteiger charge is 2.20. The Kier molecular flexibility index (Phi) is 5.03. The highest BCUT2D eigenvalue weighted by atomic mass is 127. The van der Waals surface area contributed by atoms with Crippen LogP contribution in [-0.4, -0.2) is 10.2 Å². The Morgan fingerprint density at radius 2 is 1.84 bits per heavy atom. The molecule has 4 nitrogen and oxygen atoms in total. The zero-order valence-corrected chi connectivity index (χ0v) is 16.8. The van der Waals surface area contributed by atoms with E-state index in [0.717, 1.165) is 26.1 Å². The third-order valence-corrected chi connectivity index (χ3v) is 5.18. The molecule has 0 aliphatic rings. The highest BCUT2D eigenvalue weighted by Crippen LogP contribution is 2.37. The monoisotopic (exact) mass is 447 g/mol. The molecule has 25 heavy (non-hydrogen) atoms. The summed E-state index contributed by atoms with van der Waals surface area (Å²) in [6.45, 7) is 7.11. The Hall–Kier alpha value is -2.02. The van der Waals surface area contributed by atoms with Gasteiger partial charge in [0.25, 0.3) is 0 Å². The van der Waals surface area contributed by atoms with E-state index in [1.165, 1.54) is 5.56 Å². The van der Waals surface area contributed by atoms with Gasteiger partial charge < -0.3 is 10.5 Å². The minimum Gasteiger partial charge on any atom is -0.488 e. The van der Waals surface area contributed by atoms with Gasteiger partial charge in [0.05, 0.1) is 9.26 Å². The minimum absolute atomic E-state index is 0.0453. The largest absolute Gasteiger partial charge is 0.488 e. The highest BCUT2D eigenvalue weighted by molar-refractivity contribution is 14.1. The lowest BCUT2D eigenvalue weighted by Crippen LogP contribution is -2.11. The van der Waals surface area contributed by atoms with Crippen LogP contribution >= 0.6 is 22.6 Å². The van der Waals surface area contributed by atoms with Crippen molar-refractivity contribution in [1.82, 2.24) is 10.2 Å². The maximum absolute atomic E-state index is 6.12. The zero-order valence-electron chi connectivity index (χ0n) is 14.6. The van der Waals surface area contributed by atoms with Crippen molar-refractivity contribution in [3.05, 3.63) is 63.2 Å². The molecule has 0 fully saturated rings. The first-order chi connectivity index (χ1) is 11.9. The van der Waals surface area contributed by atoms with Crippen LogP contribution in [0.4, 0.5) is 5.82 Å². The summed E-state index contributed by atoms with van der Waals surface area (Å²) in [7, 11) is 0. The lowest BCUT2D eigenvalue weighted by Gasteiger charge is -2.21. The van der Waals surface area contributed by atoms with E-state index < -0.39 is 0 Å². The molecule has 1 heterocycles. The van der Waals surface area contributed by atoms with Gasteiger partial charge in [0.15, 0.2) is 5.82 Å². The second-order valence-electron chi connectivity index (χ2n) is 7.03. The van der Waals surface area contributed by atoms with Crippen LogP contribution in [0.25, 0.3) is 11.3 Å². The summed E-state index contributed by atoms with van der Waals surface area (Å²) in [5, 5.41) is 7.18. The van der Waals surface area contributed by atoms with Crippen LogP contribution in [0.15, 0.2) is 48.5 Å². The fourth-order valence-corrected chi connectivity index (χ4v) is 3.11. The molecule has 3 rings (SSSR count). The Bertz CT molecular complexity index is 866. The number of ether oxygens (including phenoxy) is 1. The van der Waals surface area contributed by atoms with Crippen molar-refractivity contribution in [2.75, 3.05) is 5.73 Å². The van der Waals surface area contributed by atoms with Crippen LogP contribution in [0, 0.1) is 3.57 Å². The number of H-pyrrole nitrogens is 1. The third-order valence-electron chi connectivity index (χ3n) is 4.08. The first-order valence-corrected chi connectivity index (χ1v) is 9.25. The number of nitrogens with two attached hydrogens (primary N) is 1. The lowest BCUT2D eigenvalue weighted by molar-refractivity contribution is 0.307. The summed E-state index contributed by atoms with van der Waals surface area (Å²) >= 11 is 2.22. The normalized spacial score (nSPS) is 11.5. The van der Waals surface area contributed by atoms with E-state index in [0.29, 0.717) is 12.4 Å². The fraction of sp³-hybridized carbons (Fsp3) is 0.250. The van der Waals surface area contributed by atoms with E-state index in [1.54, 1.807) is 0 Å². The van der Waals surface area contributed by atoms with E-state index >= 15 is 0 Å². The molecule has 130 valence electrons. The number of rotatable bonds is 4. The molecule has 5 heteroatoms. The number of hydrogen-bond donors (Lipinski definition) is 2. The molecule has 1 aromatic heterocycles. The lowest BCUT2D eigenvalue weighted by atomic mass is 9.85. The standard InChI is InChI=1S/C20H22IN3O/c1-20(2,3)14-9-10-16(25-12-13-7-5-4-6-8-13)15(11-14)18-17(21)19(22)24-23-18/h4-11H,12H2,1-3H3,(H3,22,23,24). The maximum atomic E-state index is 6.12. The van der Waals surface area contributed by atoms with Crippen molar-refractivity contribution in [2.24, 2.45) is 0 Å². The number of hydrogen-bond acceptors (Lipinski definition) is 3. The Morgan fingerprint density at radius 1 is 1.12 bits per heavy atom. The van der Waals surface area contributed by atoms with Gasteiger partial charge in [-0.15, -0.1) is 0 Å². The molecule has 2 aromatic carbocycles. The number of benzene rings is 2. The molecule has 0 aliphatic carbocycles. The molecule has 0 spiro atoms. The molecular formula is C20H22IN3O. The van der Waals surface area contributed by atoms with Crippen molar-refractivity contribution in [2.45, 2.75) is 32.8 Å². The van der Waals surface area contributed by atoms with E-state index in [1.807, 2.05) is 24.3 Å². The summed E-state index contributed by atoms with van der Waals surface area (Å²) in [5.74, 6) is 1.32. The average molecular weight is 447 g/mol. The Morgan fingerprint density at radius 3 is 2.44 bits per heavy atom. The smallest absolute Gasteiger partial charge is 0.159 e. The number of halogens is 1. The van der Waals surface area contributed by atoms with Gasteiger partial charge in [-0.3, -0.25) is 5.10 Å². The van der Waals surface area contributed by atoms with Gasteiger partial charge >= 0.3 is 0 Å². The van der Waals surface area contributed by atoms with Crippen molar-refractivity contribution in [3.63, 3.8) is 0 Å². The number of nitrogens with one attached hydrogen (secondary N) is 1. The SMILES string of the molecule is CC(C)(C)c1ccc(OCc2ccccc2)c(-c2[nH]nc(N)c2I)c1. The van der Waals surface area contributed by atoms with Crippen LogP contribution in [0.2, 0.25) is 0 Å². The fourth-order valence-electron chi connectivity index (χ4n) is 2.57. The molecule has 0 atom stereocenters. The van der Waals surface area contributed by atoms with Crippen molar-refractivity contribution in [3.8, 4) is 17.0 Å². The van der Waals surface area contributed by atoms with Crippen LogP contribution < -0.4 is 10.5 Å². The van der Waals surface area contributed by atoms with Gasteiger partial charge in [0, 0.05) is 5.56 Å². The van der Waals surface area contributed by atoms with Gasteiger partial charge in [0.2, 0.25) is 0 Å². The number of nitrogens with zero attached hydrogens (tertiary/aromatic N) is 1. The van der Waals surface area contributed by atoms with E-state index in [4.69, 9.17) is 10.5 Å². The minimum atomic E-state index is 0.0453. The Balaban J connectivity index is 2.00. The van der Waals surface area contributed by atoms with Crippen LogP contribution in [0.3, 0.4) is 0 Å².